The van der Waals surface area contributed by atoms with E-state index in [0.717, 1.165) is 13.0 Å². The topological polar surface area (TPSA) is 105 Å². The van der Waals surface area contributed by atoms with E-state index in [-0.39, 0.29) is 13.2 Å². The van der Waals surface area contributed by atoms with Crippen molar-refractivity contribution in [2.24, 2.45) is 0 Å². The maximum absolute atomic E-state index is 12.2. The Morgan fingerprint density at radius 1 is 0.463 bits per heavy atom. The molecule has 9 nitrogen and oxygen atoms in total. The Bertz CT molecular complexity index is 567. The van der Waals surface area contributed by atoms with Crippen LogP contribution in [0.3, 0.4) is 0 Å². The van der Waals surface area contributed by atoms with Gasteiger partial charge in [0.2, 0.25) is 0 Å². The molecule has 0 aromatic carbocycles. The predicted octanol–water partition coefficient (Wildman–Crippen LogP) is 7.31. The molecule has 0 N–H and O–H groups in total. The normalized spacial score (nSPS) is 18.1. The first-order chi connectivity index (χ1) is 20.1. The molecule has 0 atom stereocenters. The van der Waals surface area contributed by atoms with Crippen LogP contribution in [0.5, 0.6) is 0 Å². The monoisotopic (exact) mass is 625 g/mol. The van der Waals surface area contributed by atoms with Gasteiger partial charge in [0.1, 0.15) is 39.6 Å². The van der Waals surface area contributed by atoms with Crippen molar-refractivity contribution in [2.75, 3.05) is 59.3 Å². The molecule has 0 amide bonds. The van der Waals surface area contributed by atoms with Crippen molar-refractivity contribution in [2.45, 2.75) is 135 Å². The van der Waals surface area contributed by atoms with Crippen LogP contribution in [-0.4, -0.2) is 64.2 Å². The highest BCUT2D eigenvalue weighted by Gasteiger charge is 2.39. The fourth-order valence-corrected chi connectivity index (χ4v) is 7.56. The first kappa shape index (κ1) is 37.7. The van der Waals surface area contributed by atoms with Gasteiger partial charge >= 0.3 is 16.3 Å². The van der Waals surface area contributed by atoms with Gasteiger partial charge in [0, 0.05) is 13.1 Å². The van der Waals surface area contributed by atoms with Gasteiger partial charge in [0.25, 0.3) is 0 Å². The number of hydrogen-bond acceptors (Lipinski definition) is 9. The summed E-state index contributed by atoms with van der Waals surface area (Å²) in [5.41, 5.74) is 0. The first-order valence-electron chi connectivity index (χ1n) is 16.8. The van der Waals surface area contributed by atoms with Crippen molar-refractivity contribution in [1.82, 2.24) is 4.90 Å². The molecular formula is C30H61NO8P2. The van der Waals surface area contributed by atoms with E-state index in [1.165, 1.54) is 122 Å². The highest BCUT2D eigenvalue weighted by Crippen LogP contribution is 2.57. The standard InChI is InChI=1S/C30H61NO8P2/c1-2-3-4-5-6-7-8-9-10-11-12-13-14-15-16-17-18-19-20-21-22-31(23-25-34-40(32)36-27-28-37-40)24-26-35-41(33)38-29-30-39-41/h2-30H2,1H3. The van der Waals surface area contributed by atoms with Gasteiger partial charge in [-0.25, -0.2) is 0 Å². The zero-order chi connectivity index (χ0) is 29.3. The number of unbranched alkanes of at least 4 members (excludes halogenated alkanes) is 19. The highest BCUT2D eigenvalue weighted by atomic mass is 31.2. The van der Waals surface area contributed by atoms with Crippen molar-refractivity contribution in [1.29, 1.82) is 0 Å². The minimum atomic E-state index is -3.39. The molecule has 0 bridgehead atoms. The van der Waals surface area contributed by atoms with E-state index in [9.17, 15) is 9.79 Å². The fourth-order valence-electron chi connectivity index (χ4n) is 5.31. The molecule has 2 heterocycles. The Morgan fingerprint density at radius 3 is 1.07 bits per heavy atom. The maximum Gasteiger partial charge on any atom is 0.379 e. The third-order valence-corrected chi connectivity index (χ3v) is 10.8. The molecule has 0 aromatic rings. The van der Waals surface area contributed by atoms with Crippen LogP contribution in [-0.2, 0) is 27.1 Å². The third kappa shape index (κ3) is 20.2. The fraction of sp³-hybridized carbons (Fsp3) is 1.00. The Kier molecular flexibility index (Phi) is 22.8. The van der Waals surface area contributed by atoms with Crippen LogP contribution in [0, 0.1) is 0 Å². The van der Waals surface area contributed by atoms with Crippen molar-refractivity contribution in [3.05, 3.63) is 0 Å². The molecule has 0 unspecified atom stereocenters. The largest absolute Gasteiger partial charge is 0.606 e. The second-order valence-electron chi connectivity index (χ2n) is 11.5. The predicted molar refractivity (Wildman–Crippen MR) is 164 cm³/mol. The van der Waals surface area contributed by atoms with Crippen LogP contribution in [0.25, 0.3) is 0 Å². The lowest BCUT2D eigenvalue weighted by Gasteiger charge is -2.25. The van der Waals surface area contributed by atoms with E-state index in [4.69, 9.17) is 27.1 Å². The number of nitrogens with zero attached hydrogens (tertiary/aromatic N) is 1. The van der Waals surface area contributed by atoms with E-state index in [1.807, 2.05) is 0 Å². The molecule has 0 aromatic heterocycles. The molecule has 0 saturated carbocycles. The van der Waals surface area contributed by atoms with Crippen molar-refractivity contribution >= 4 is 16.3 Å². The molecule has 244 valence electrons. The molecule has 11 heteroatoms. The van der Waals surface area contributed by atoms with Gasteiger partial charge in [-0.3, -0.25) is 4.90 Å². The lowest BCUT2D eigenvalue weighted by Crippen LogP contribution is -2.33. The van der Waals surface area contributed by atoms with Crippen LogP contribution in [0.2, 0.25) is 0 Å². The summed E-state index contributed by atoms with van der Waals surface area (Å²) in [5, 5.41) is 0. The average Bonchev–Trinajstić information content (AvgIpc) is 3.60. The highest BCUT2D eigenvalue weighted by molar-refractivity contribution is 7.54. The lowest BCUT2D eigenvalue weighted by molar-refractivity contribution is -0.237. The van der Waals surface area contributed by atoms with Gasteiger partial charge in [-0.2, -0.15) is 27.1 Å². The maximum atomic E-state index is 12.2. The van der Waals surface area contributed by atoms with Crippen LogP contribution < -0.4 is 9.79 Å². The van der Waals surface area contributed by atoms with E-state index < -0.39 is 16.3 Å². The van der Waals surface area contributed by atoms with E-state index >= 15 is 0 Å². The SMILES string of the molecule is CCCCCCCCCCCCCCCCCCCCCCN(CCO[P+]1([O-])OCCO1)CCO[P+]1([O-])OCCO1. The molecule has 2 fully saturated rings. The summed E-state index contributed by atoms with van der Waals surface area (Å²) in [7, 11) is -6.78. The summed E-state index contributed by atoms with van der Waals surface area (Å²) in [5.74, 6) is 0. The Labute approximate surface area is 252 Å². The zero-order valence-electron chi connectivity index (χ0n) is 26.1. The van der Waals surface area contributed by atoms with Crippen molar-refractivity contribution in [3.63, 3.8) is 0 Å². The quantitative estimate of drug-likeness (QED) is 0.0625. The summed E-state index contributed by atoms with van der Waals surface area (Å²) in [6, 6.07) is 0. The molecule has 41 heavy (non-hydrogen) atoms. The summed E-state index contributed by atoms with van der Waals surface area (Å²) in [4.78, 5) is 26.6. The minimum Gasteiger partial charge on any atom is -0.606 e. The number of phosphoric acid groups is 2. The number of rotatable bonds is 29. The Balaban J connectivity index is 1.40. The average molecular weight is 626 g/mol. The van der Waals surface area contributed by atoms with Crippen LogP contribution in [0.1, 0.15) is 135 Å². The Morgan fingerprint density at radius 2 is 0.756 bits per heavy atom. The summed E-state index contributed by atoms with van der Waals surface area (Å²) in [6.45, 7) is 5.93. The third-order valence-electron chi connectivity index (χ3n) is 7.81. The zero-order valence-corrected chi connectivity index (χ0v) is 27.9. The molecule has 2 saturated heterocycles. The molecule has 0 spiro atoms. The van der Waals surface area contributed by atoms with Crippen molar-refractivity contribution < 1.29 is 36.9 Å². The van der Waals surface area contributed by atoms with Crippen LogP contribution in [0.15, 0.2) is 0 Å². The smallest absolute Gasteiger partial charge is 0.379 e. The second-order valence-corrected chi connectivity index (χ2v) is 14.8. The van der Waals surface area contributed by atoms with Gasteiger partial charge in [0.15, 0.2) is 0 Å². The molecular weight excluding hydrogens is 564 g/mol. The molecule has 0 radical (unpaired) electrons. The molecule has 0 aliphatic carbocycles. The lowest BCUT2D eigenvalue weighted by atomic mass is 10.0. The molecule has 2 aliphatic heterocycles. The second kappa shape index (κ2) is 24.8. The van der Waals surface area contributed by atoms with Crippen LogP contribution in [0.4, 0.5) is 0 Å². The molecule has 2 rings (SSSR count). The van der Waals surface area contributed by atoms with Gasteiger partial charge in [-0.1, -0.05) is 129 Å². The number of hydrogen-bond donors (Lipinski definition) is 0. The van der Waals surface area contributed by atoms with E-state index in [1.54, 1.807) is 0 Å². The molecule has 2 aliphatic rings. The Hall–Kier alpha value is 0.500. The summed E-state index contributed by atoms with van der Waals surface area (Å²) < 4.78 is 31.1. The first-order valence-corrected chi connectivity index (χ1v) is 19.8. The van der Waals surface area contributed by atoms with E-state index in [2.05, 4.69) is 11.8 Å². The van der Waals surface area contributed by atoms with E-state index in [0.29, 0.717) is 39.5 Å². The van der Waals surface area contributed by atoms with Crippen molar-refractivity contribution in [3.8, 4) is 0 Å². The van der Waals surface area contributed by atoms with Gasteiger partial charge in [-0.15, -0.1) is 0 Å². The minimum absolute atomic E-state index is 0.237. The summed E-state index contributed by atoms with van der Waals surface area (Å²) >= 11 is 0. The van der Waals surface area contributed by atoms with Gasteiger partial charge in [0.05, 0.1) is 0 Å². The number of phosphoric ester groups is 2. The van der Waals surface area contributed by atoms with Gasteiger partial charge in [-0.05, 0) is 13.0 Å². The summed E-state index contributed by atoms with van der Waals surface area (Å²) in [6.07, 6.45) is 27.3. The van der Waals surface area contributed by atoms with Gasteiger partial charge < -0.3 is 9.79 Å². The van der Waals surface area contributed by atoms with Crippen LogP contribution >= 0.6 is 16.3 Å².